The van der Waals surface area contributed by atoms with Crippen molar-refractivity contribution >= 4 is 38.5 Å². The Morgan fingerprint density at radius 1 is 1.39 bits per heavy atom. The minimum absolute atomic E-state index is 0.137. The van der Waals surface area contributed by atoms with Crippen molar-refractivity contribution in [2.75, 3.05) is 25.0 Å². The van der Waals surface area contributed by atoms with Gasteiger partial charge >= 0.3 is 6.09 Å². The molecule has 0 unspecified atom stereocenters. The fourth-order valence-corrected chi connectivity index (χ4v) is 5.07. The molecule has 10 nitrogen and oxygen atoms in total. The second kappa shape index (κ2) is 5.69. The Morgan fingerprint density at radius 3 is 2.65 bits per heavy atom. The minimum atomic E-state index is -3.77. The number of nitrogens with one attached hydrogen (secondary N) is 2. The highest BCUT2D eigenvalue weighted by Gasteiger charge is 2.45. The summed E-state index contributed by atoms with van der Waals surface area (Å²) >= 11 is 0.804. The average molecular weight is 361 g/mol. The van der Waals surface area contributed by atoms with Crippen LogP contribution in [0.15, 0.2) is 4.34 Å². The zero-order valence-corrected chi connectivity index (χ0v) is 13.9. The first-order valence-electron chi connectivity index (χ1n) is 6.89. The summed E-state index contributed by atoms with van der Waals surface area (Å²) in [5.74, 6) is -0.347. The summed E-state index contributed by atoms with van der Waals surface area (Å²) < 4.78 is 31.5. The smallest absolute Gasteiger partial charge is 0.407 e. The van der Waals surface area contributed by atoms with Gasteiger partial charge < -0.3 is 15.4 Å². The molecule has 2 saturated heterocycles. The molecule has 2 amide bonds. The van der Waals surface area contributed by atoms with Gasteiger partial charge in [0.05, 0.1) is 6.54 Å². The van der Waals surface area contributed by atoms with E-state index in [9.17, 15) is 18.0 Å². The molecule has 0 radical (unpaired) electrons. The molecule has 2 aliphatic heterocycles. The van der Waals surface area contributed by atoms with Gasteiger partial charge in [-0.25, -0.2) is 13.2 Å². The van der Waals surface area contributed by atoms with Gasteiger partial charge in [0.15, 0.2) is 0 Å². The van der Waals surface area contributed by atoms with Crippen LogP contribution in [-0.4, -0.2) is 60.2 Å². The lowest BCUT2D eigenvalue weighted by molar-refractivity contribution is -0.114. The van der Waals surface area contributed by atoms with E-state index in [0.29, 0.717) is 19.4 Å². The van der Waals surface area contributed by atoms with Crippen molar-refractivity contribution in [2.45, 2.75) is 29.7 Å². The van der Waals surface area contributed by atoms with E-state index in [2.05, 4.69) is 20.8 Å². The lowest BCUT2D eigenvalue weighted by atomic mass is 9.93. The van der Waals surface area contributed by atoms with Crippen LogP contribution in [0, 0.1) is 0 Å². The molecule has 0 atom stereocenters. The van der Waals surface area contributed by atoms with Crippen LogP contribution in [0.1, 0.15) is 19.8 Å². The molecule has 1 spiro atoms. The molecule has 2 fully saturated rings. The molecule has 2 N–H and O–H groups in total. The predicted molar refractivity (Wildman–Crippen MR) is 79.4 cm³/mol. The number of carbonyl (C=O) groups is 2. The number of carbonyl (C=O) groups excluding carboxylic acids is 2. The number of ether oxygens (including phenoxy) is 1. The van der Waals surface area contributed by atoms with Gasteiger partial charge in [-0.1, -0.05) is 11.3 Å². The van der Waals surface area contributed by atoms with E-state index in [1.807, 2.05) is 0 Å². The number of aromatic nitrogens is 2. The number of sulfonamides is 1. The molecule has 0 saturated carbocycles. The first kappa shape index (κ1) is 16.1. The first-order chi connectivity index (χ1) is 10.8. The maximum Gasteiger partial charge on any atom is 0.407 e. The molecule has 0 bridgehead atoms. The highest BCUT2D eigenvalue weighted by molar-refractivity contribution is 7.91. The van der Waals surface area contributed by atoms with Crippen LogP contribution >= 0.6 is 11.3 Å². The molecular weight excluding hydrogens is 346 g/mol. The lowest BCUT2D eigenvalue weighted by Gasteiger charge is -2.35. The summed E-state index contributed by atoms with van der Waals surface area (Å²) in [7, 11) is -3.77. The van der Waals surface area contributed by atoms with Crippen molar-refractivity contribution in [3.63, 3.8) is 0 Å². The third kappa shape index (κ3) is 3.14. The van der Waals surface area contributed by atoms with Crippen molar-refractivity contribution in [3.05, 3.63) is 0 Å². The number of piperidine rings is 1. The lowest BCUT2D eigenvalue weighted by Crippen LogP contribution is -2.48. The maximum atomic E-state index is 12.6. The molecule has 12 heteroatoms. The second-order valence-electron chi connectivity index (χ2n) is 5.38. The van der Waals surface area contributed by atoms with Gasteiger partial charge in [0.2, 0.25) is 15.4 Å². The van der Waals surface area contributed by atoms with E-state index >= 15 is 0 Å². The van der Waals surface area contributed by atoms with Gasteiger partial charge in [-0.05, 0) is 0 Å². The van der Waals surface area contributed by atoms with Gasteiger partial charge in [0, 0.05) is 32.9 Å². The van der Waals surface area contributed by atoms with Crippen molar-refractivity contribution in [1.82, 2.24) is 19.8 Å². The van der Waals surface area contributed by atoms with E-state index in [-0.39, 0.29) is 28.5 Å². The summed E-state index contributed by atoms with van der Waals surface area (Å²) in [6.45, 7) is 2.15. The molecule has 2 aliphatic rings. The normalized spacial score (nSPS) is 21.0. The predicted octanol–water partition coefficient (Wildman–Crippen LogP) is -0.240. The summed E-state index contributed by atoms with van der Waals surface area (Å²) in [5, 5.41) is 12.4. The van der Waals surface area contributed by atoms with Gasteiger partial charge in [0.25, 0.3) is 10.0 Å². The fourth-order valence-electron chi connectivity index (χ4n) is 2.54. The first-order valence-corrected chi connectivity index (χ1v) is 9.15. The molecule has 3 heterocycles. The molecule has 1 aromatic rings. The number of rotatable bonds is 3. The van der Waals surface area contributed by atoms with Gasteiger partial charge in [-0.3, -0.25) is 4.79 Å². The Morgan fingerprint density at radius 2 is 2.09 bits per heavy atom. The standard InChI is InChI=1S/C11H15N5O5S2/c1-7(17)13-8-14-15-10(22-8)23(19,20)16-4-2-11(3-5-16)6-12-9(18)21-11/h2-6H2,1H3,(H,12,18)(H,13,14,17). The SMILES string of the molecule is CC(=O)Nc1nnc(S(=O)(=O)N2CCC3(CC2)CNC(=O)O3)s1. The zero-order chi connectivity index (χ0) is 16.7. The average Bonchev–Trinajstić information content (AvgIpc) is 3.07. The van der Waals surface area contributed by atoms with Crippen LogP contribution < -0.4 is 10.6 Å². The minimum Gasteiger partial charge on any atom is -0.441 e. The summed E-state index contributed by atoms with van der Waals surface area (Å²) in [5.41, 5.74) is -0.619. The topological polar surface area (TPSA) is 131 Å². The van der Waals surface area contributed by atoms with E-state index in [1.165, 1.54) is 11.2 Å². The van der Waals surface area contributed by atoms with Crippen LogP contribution in [-0.2, 0) is 19.6 Å². The number of anilines is 1. The van der Waals surface area contributed by atoms with Crippen molar-refractivity contribution < 1.29 is 22.7 Å². The molecule has 126 valence electrons. The molecule has 1 aromatic heterocycles. The number of amides is 2. The highest BCUT2D eigenvalue weighted by Crippen LogP contribution is 2.32. The molecular formula is C11H15N5O5S2. The number of nitrogens with zero attached hydrogens (tertiary/aromatic N) is 3. The second-order valence-corrected chi connectivity index (χ2v) is 8.47. The maximum absolute atomic E-state index is 12.6. The van der Waals surface area contributed by atoms with Crippen molar-refractivity contribution in [3.8, 4) is 0 Å². The summed E-state index contributed by atoms with van der Waals surface area (Å²) in [6.07, 6.45) is 0.371. The molecule has 3 rings (SSSR count). The van der Waals surface area contributed by atoms with E-state index in [1.54, 1.807) is 0 Å². The van der Waals surface area contributed by atoms with Crippen LogP contribution in [0.3, 0.4) is 0 Å². The third-order valence-corrected chi connectivity index (χ3v) is 6.83. The zero-order valence-electron chi connectivity index (χ0n) is 12.2. The van der Waals surface area contributed by atoms with Gasteiger partial charge in [-0.15, -0.1) is 10.2 Å². The van der Waals surface area contributed by atoms with Crippen molar-refractivity contribution in [1.29, 1.82) is 0 Å². The quantitative estimate of drug-likeness (QED) is 0.710. The largest absolute Gasteiger partial charge is 0.441 e. The van der Waals surface area contributed by atoms with E-state index in [0.717, 1.165) is 11.3 Å². The van der Waals surface area contributed by atoms with Crippen LogP contribution in [0.25, 0.3) is 0 Å². The molecule has 0 aliphatic carbocycles. The Hall–Kier alpha value is -1.79. The Bertz CT molecular complexity index is 738. The van der Waals surface area contributed by atoms with E-state index in [4.69, 9.17) is 4.74 Å². The van der Waals surface area contributed by atoms with E-state index < -0.39 is 21.7 Å². The Balaban J connectivity index is 1.70. The van der Waals surface area contributed by atoms with Crippen LogP contribution in [0.2, 0.25) is 0 Å². The van der Waals surface area contributed by atoms with Crippen LogP contribution in [0.5, 0.6) is 0 Å². The summed E-state index contributed by atoms with van der Waals surface area (Å²) in [6, 6.07) is 0. The summed E-state index contributed by atoms with van der Waals surface area (Å²) in [4.78, 5) is 22.2. The monoisotopic (exact) mass is 361 g/mol. The van der Waals surface area contributed by atoms with Gasteiger partial charge in [0.1, 0.15) is 5.60 Å². The number of alkyl carbamates (subject to hydrolysis) is 1. The van der Waals surface area contributed by atoms with Crippen LogP contribution in [0.4, 0.5) is 9.93 Å². The third-order valence-electron chi connectivity index (χ3n) is 3.75. The highest BCUT2D eigenvalue weighted by atomic mass is 32.2. The van der Waals surface area contributed by atoms with Crippen molar-refractivity contribution in [2.24, 2.45) is 0 Å². The number of hydrogen-bond donors (Lipinski definition) is 2. The Labute approximate surface area is 136 Å². The Kier molecular flexibility index (Phi) is 3.98. The fraction of sp³-hybridized carbons (Fsp3) is 0.636. The van der Waals surface area contributed by atoms with Gasteiger partial charge in [-0.2, -0.15) is 4.31 Å². The molecule has 23 heavy (non-hydrogen) atoms. The molecule has 0 aromatic carbocycles. The number of hydrogen-bond acceptors (Lipinski definition) is 8.